The van der Waals surface area contributed by atoms with Crippen LogP contribution in [-0.4, -0.2) is 49.1 Å². The summed E-state index contributed by atoms with van der Waals surface area (Å²) in [6.45, 7) is 3.97. The molecule has 0 atom stereocenters. The van der Waals surface area contributed by atoms with Crippen LogP contribution >= 0.6 is 11.3 Å². The van der Waals surface area contributed by atoms with Crippen molar-refractivity contribution in [1.82, 2.24) is 9.21 Å². The Morgan fingerprint density at radius 3 is 2.50 bits per heavy atom. The van der Waals surface area contributed by atoms with Gasteiger partial charge in [-0.05, 0) is 24.3 Å². The Morgan fingerprint density at radius 2 is 1.94 bits per heavy atom. The smallest absolute Gasteiger partial charge is 0.217 e. The van der Waals surface area contributed by atoms with Crippen LogP contribution in [-0.2, 0) is 16.6 Å². The van der Waals surface area contributed by atoms with Crippen LogP contribution in [0.2, 0.25) is 0 Å². The molecule has 4 nitrogen and oxygen atoms in total. The maximum Gasteiger partial charge on any atom is 0.217 e. The summed E-state index contributed by atoms with van der Waals surface area (Å²) in [4.78, 5) is 3.69. The van der Waals surface area contributed by atoms with Crippen LogP contribution in [0.15, 0.2) is 17.5 Å². The van der Waals surface area contributed by atoms with Gasteiger partial charge in [-0.1, -0.05) is 6.07 Å². The molecule has 0 unspecified atom stereocenters. The molecule has 0 aromatic carbocycles. The fourth-order valence-corrected chi connectivity index (χ4v) is 4.91. The summed E-state index contributed by atoms with van der Waals surface area (Å²) < 4.78 is 25.9. The lowest BCUT2D eigenvalue weighted by Gasteiger charge is -2.33. The molecule has 1 aromatic rings. The molecule has 1 saturated carbocycles. The normalized spacial score (nSPS) is 23.3. The molecule has 0 radical (unpaired) electrons. The molecule has 2 heterocycles. The molecule has 0 spiro atoms. The molecule has 0 amide bonds. The third-order valence-electron chi connectivity index (χ3n) is 3.60. The molecule has 0 bridgehead atoms. The summed E-state index contributed by atoms with van der Waals surface area (Å²) in [5.74, 6) is 0. The van der Waals surface area contributed by atoms with Crippen molar-refractivity contribution in [1.29, 1.82) is 0 Å². The molecule has 2 fully saturated rings. The summed E-state index contributed by atoms with van der Waals surface area (Å²) in [5.41, 5.74) is 0. The molecule has 1 aliphatic heterocycles. The number of hydrogen-bond acceptors (Lipinski definition) is 4. The van der Waals surface area contributed by atoms with Crippen molar-refractivity contribution in [3.63, 3.8) is 0 Å². The number of thiophene rings is 1. The highest BCUT2D eigenvalue weighted by Gasteiger charge is 2.40. The molecule has 1 aliphatic carbocycles. The van der Waals surface area contributed by atoms with Gasteiger partial charge in [0.25, 0.3) is 0 Å². The van der Waals surface area contributed by atoms with E-state index in [0.29, 0.717) is 13.1 Å². The fourth-order valence-electron chi connectivity index (χ4n) is 2.34. The SMILES string of the molecule is O=S(=O)(C1CC1)N1CCN(Cc2cccs2)CC1. The second-order valence-corrected chi connectivity index (χ2v) is 8.24. The van der Waals surface area contributed by atoms with E-state index in [9.17, 15) is 8.42 Å². The van der Waals surface area contributed by atoms with Crippen molar-refractivity contribution >= 4 is 21.4 Å². The van der Waals surface area contributed by atoms with E-state index < -0.39 is 10.0 Å². The lowest BCUT2D eigenvalue weighted by atomic mass is 10.3. The average Bonchev–Trinajstić information content (AvgIpc) is 3.11. The minimum absolute atomic E-state index is 0.0682. The van der Waals surface area contributed by atoms with Gasteiger partial charge in [-0.2, -0.15) is 4.31 Å². The second-order valence-electron chi connectivity index (χ2n) is 5.00. The van der Waals surface area contributed by atoms with E-state index in [1.807, 2.05) is 0 Å². The van der Waals surface area contributed by atoms with Crippen LogP contribution in [0.1, 0.15) is 17.7 Å². The van der Waals surface area contributed by atoms with Crippen molar-refractivity contribution in [3.8, 4) is 0 Å². The van der Waals surface area contributed by atoms with E-state index in [0.717, 1.165) is 32.5 Å². The lowest BCUT2D eigenvalue weighted by molar-refractivity contribution is 0.183. The lowest BCUT2D eigenvalue weighted by Crippen LogP contribution is -2.49. The predicted octanol–water partition coefficient (Wildman–Crippen LogP) is 1.36. The van der Waals surface area contributed by atoms with Crippen LogP contribution in [0, 0.1) is 0 Å². The van der Waals surface area contributed by atoms with Gasteiger partial charge in [0.1, 0.15) is 0 Å². The molecule has 2 aliphatic rings. The molecular formula is C12H18N2O2S2. The standard InChI is InChI=1S/C12H18N2O2S2/c15-18(16,12-3-4-12)14-7-5-13(6-8-14)10-11-2-1-9-17-11/h1-2,9,12H,3-8,10H2. The first-order chi connectivity index (χ1) is 8.66. The summed E-state index contributed by atoms with van der Waals surface area (Å²) >= 11 is 1.76. The van der Waals surface area contributed by atoms with Gasteiger partial charge in [0, 0.05) is 37.6 Å². The van der Waals surface area contributed by atoms with E-state index >= 15 is 0 Å². The van der Waals surface area contributed by atoms with Crippen molar-refractivity contribution in [3.05, 3.63) is 22.4 Å². The highest BCUT2D eigenvalue weighted by atomic mass is 32.2. The van der Waals surface area contributed by atoms with Crippen LogP contribution in [0.4, 0.5) is 0 Å². The van der Waals surface area contributed by atoms with Crippen molar-refractivity contribution < 1.29 is 8.42 Å². The van der Waals surface area contributed by atoms with Gasteiger partial charge in [-0.3, -0.25) is 4.90 Å². The van der Waals surface area contributed by atoms with Gasteiger partial charge in [0.2, 0.25) is 10.0 Å². The third kappa shape index (κ3) is 2.61. The molecule has 18 heavy (non-hydrogen) atoms. The highest BCUT2D eigenvalue weighted by molar-refractivity contribution is 7.90. The molecule has 3 rings (SSSR count). The van der Waals surface area contributed by atoms with Crippen LogP contribution in [0.3, 0.4) is 0 Å². The molecule has 1 aromatic heterocycles. The summed E-state index contributed by atoms with van der Waals surface area (Å²) in [7, 11) is -2.97. The third-order valence-corrected chi connectivity index (χ3v) is 6.86. The minimum atomic E-state index is -2.97. The Labute approximate surface area is 112 Å². The second kappa shape index (κ2) is 4.92. The molecule has 1 saturated heterocycles. The molecule has 0 N–H and O–H groups in total. The molecular weight excluding hydrogens is 268 g/mol. The first-order valence-corrected chi connectivity index (χ1v) is 8.78. The Bertz CT molecular complexity index is 486. The average molecular weight is 286 g/mol. The zero-order valence-corrected chi connectivity index (χ0v) is 11.9. The first-order valence-electron chi connectivity index (χ1n) is 6.40. The summed E-state index contributed by atoms with van der Waals surface area (Å²) in [6, 6.07) is 4.20. The van der Waals surface area contributed by atoms with Gasteiger partial charge in [0.15, 0.2) is 0 Å². The largest absolute Gasteiger partial charge is 0.296 e. The topological polar surface area (TPSA) is 40.6 Å². The Hall–Kier alpha value is -0.430. The maximum absolute atomic E-state index is 12.1. The number of hydrogen-bond donors (Lipinski definition) is 0. The minimum Gasteiger partial charge on any atom is -0.296 e. The fraction of sp³-hybridized carbons (Fsp3) is 0.667. The number of sulfonamides is 1. The van der Waals surface area contributed by atoms with E-state index in [1.165, 1.54) is 4.88 Å². The van der Waals surface area contributed by atoms with Crippen molar-refractivity contribution in [2.24, 2.45) is 0 Å². The van der Waals surface area contributed by atoms with Crippen LogP contribution in [0.5, 0.6) is 0 Å². The summed E-state index contributed by atoms with van der Waals surface area (Å²) in [5, 5.41) is 2.02. The highest BCUT2D eigenvalue weighted by Crippen LogP contribution is 2.31. The molecule has 100 valence electrons. The van der Waals surface area contributed by atoms with E-state index in [2.05, 4.69) is 22.4 Å². The van der Waals surface area contributed by atoms with Crippen molar-refractivity contribution in [2.45, 2.75) is 24.6 Å². The van der Waals surface area contributed by atoms with Gasteiger partial charge < -0.3 is 0 Å². The van der Waals surface area contributed by atoms with Gasteiger partial charge in [-0.25, -0.2) is 8.42 Å². The maximum atomic E-state index is 12.1. The number of nitrogens with zero attached hydrogens (tertiary/aromatic N) is 2. The Morgan fingerprint density at radius 1 is 1.22 bits per heavy atom. The van der Waals surface area contributed by atoms with Crippen LogP contribution in [0.25, 0.3) is 0 Å². The predicted molar refractivity (Wildman–Crippen MR) is 73.1 cm³/mol. The zero-order chi connectivity index (χ0) is 12.6. The van der Waals surface area contributed by atoms with E-state index in [1.54, 1.807) is 15.6 Å². The van der Waals surface area contributed by atoms with Gasteiger partial charge >= 0.3 is 0 Å². The van der Waals surface area contributed by atoms with Gasteiger partial charge in [0.05, 0.1) is 5.25 Å². The number of rotatable bonds is 4. The Kier molecular flexibility index (Phi) is 3.44. The zero-order valence-electron chi connectivity index (χ0n) is 10.3. The number of piperazine rings is 1. The Balaban J connectivity index is 1.55. The quantitative estimate of drug-likeness (QED) is 0.839. The first kappa shape index (κ1) is 12.6. The monoisotopic (exact) mass is 286 g/mol. The summed E-state index contributed by atoms with van der Waals surface area (Å²) in [6.07, 6.45) is 1.72. The van der Waals surface area contributed by atoms with E-state index in [4.69, 9.17) is 0 Å². The van der Waals surface area contributed by atoms with Crippen LogP contribution < -0.4 is 0 Å². The molecule has 6 heteroatoms. The van der Waals surface area contributed by atoms with Gasteiger partial charge in [-0.15, -0.1) is 11.3 Å². The van der Waals surface area contributed by atoms with Crippen molar-refractivity contribution in [2.75, 3.05) is 26.2 Å². The van der Waals surface area contributed by atoms with E-state index in [-0.39, 0.29) is 5.25 Å².